The predicted molar refractivity (Wildman–Crippen MR) is 84.7 cm³/mol. The van der Waals surface area contributed by atoms with E-state index in [0.29, 0.717) is 26.1 Å². The molecule has 1 aromatic rings. The van der Waals surface area contributed by atoms with E-state index >= 15 is 0 Å². The predicted octanol–water partition coefficient (Wildman–Crippen LogP) is 2.45. The molecule has 1 aliphatic heterocycles. The van der Waals surface area contributed by atoms with Crippen LogP contribution in [0, 0.1) is 0 Å². The molecular formula is C16H25NO3S. The fourth-order valence-corrected chi connectivity index (χ4v) is 5.17. The highest BCUT2D eigenvalue weighted by Crippen LogP contribution is 2.29. The lowest BCUT2D eigenvalue weighted by Crippen LogP contribution is -2.61. The highest BCUT2D eigenvalue weighted by Gasteiger charge is 2.44. The van der Waals surface area contributed by atoms with Crippen molar-refractivity contribution in [2.45, 2.75) is 45.2 Å². The van der Waals surface area contributed by atoms with E-state index in [9.17, 15) is 8.42 Å². The van der Waals surface area contributed by atoms with Crippen LogP contribution in [0.1, 0.15) is 32.8 Å². The van der Waals surface area contributed by atoms with Gasteiger partial charge in [-0.1, -0.05) is 37.3 Å². The van der Waals surface area contributed by atoms with Crippen molar-refractivity contribution in [3.63, 3.8) is 0 Å². The first-order chi connectivity index (χ1) is 9.87. The molecule has 4 nitrogen and oxygen atoms in total. The minimum Gasteiger partial charge on any atom is -0.378 e. The Morgan fingerprint density at radius 3 is 2.57 bits per heavy atom. The van der Waals surface area contributed by atoms with Crippen molar-refractivity contribution in [3.05, 3.63) is 35.9 Å². The fourth-order valence-electron chi connectivity index (χ4n) is 3.06. The maximum Gasteiger partial charge on any atom is 0.214 e. The summed E-state index contributed by atoms with van der Waals surface area (Å²) in [6.45, 7) is 6.69. The van der Waals surface area contributed by atoms with E-state index in [1.807, 2.05) is 51.1 Å². The molecule has 1 unspecified atom stereocenters. The number of benzene rings is 1. The van der Waals surface area contributed by atoms with Gasteiger partial charge in [0.2, 0.25) is 10.0 Å². The van der Waals surface area contributed by atoms with Crippen molar-refractivity contribution >= 4 is 10.0 Å². The second kappa shape index (κ2) is 6.46. The van der Waals surface area contributed by atoms with E-state index in [4.69, 9.17) is 4.74 Å². The molecule has 1 aliphatic rings. The zero-order chi connectivity index (χ0) is 15.5. The van der Waals surface area contributed by atoms with Crippen LogP contribution in [0.25, 0.3) is 0 Å². The van der Waals surface area contributed by atoms with Gasteiger partial charge in [-0.25, -0.2) is 8.42 Å². The van der Waals surface area contributed by atoms with Crippen molar-refractivity contribution in [2.75, 3.05) is 19.0 Å². The molecule has 0 spiro atoms. The van der Waals surface area contributed by atoms with Crippen molar-refractivity contribution in [1.82, 2.24) is 4.31 Å². The fraction of sp³-hybridized carbons (Fsp3) is 0.625. The van der Waals surface area contributed by atoms with Gasteiger partial charge in [0, 0.05) is 0 Å². The lowest BCUT2D eigenvalue weighted by atomic mass is 9.99. The Morgan fingerprint density at radius 1 is 1.29 bits per heavy atom. The summed E-state index contributed by atoms with van der Waals surface area (Å²) in [4.78, 5) is 0. The molecular weight excluding hydrogens is 286 g/mol. The number of ether oxygens (including phenoxy) is 1. The summed E-state index contributed by atoms with van der Waals surface area (Å²) in [5.41, 5.74) is 0.645. The quantitative estimate of drug-likeness (QED) is 0.839. The molecule has 21 heavy (non-hydrogen) atoms. The largest absolute Gasteiger partial charge is 0.378 e. The van der Waals surface area contributed by atoms with Gasteiger partial charge in [-0.05, 0) is 32.3 Å². The Morgan fingerprint density at radius 2 is 1.95 bits per heavy atom. The molecule has 1 fully saturated rings. The summed E-state index contributed by atoms with van der Waals surface area (Å²) in [5.74, 6) is 0.196. The average molecular weight is 311 g/mol. The van der Waals surface area contributed by atoms with Crippen LogP contribution in [0.15, 0.2) is 30.3 Å². The Hall–Kier alpha value is -0.910. The lowest BCUT2D eigenvalue weighted by Gasteiger charge is -2.46. The van der Waals surface area contributed by atoms with E-state index in [-0.39, 0.29) is 11.8 Å². The third-order valence-corrected chi connectivity index (χ3v) is 6.09. The molecule has 1 saturated heterocycles. The molecule has 1 heterocycles. The molecule has 0 radical (unpaired) electrons. The van der Waals surface area contributed by atoms with Gasteiger partial charge in [0.05, 0.1) is 30.5 Å². The van der Waals surface area contributed by atoms with Crippen molar-refractivity contribution < 1.29 is 13.2 Å². The van der Waals surface area contributed by atoms with Crippen LogP contribution in [-0.4, -0.2) is 43.3 Å². The highest BCUT2D eigenvalue weighted by atomic mass is 32.2. The Kier molecular flexibility index (Phi) is 5.07. The zero-order valence-corrected chi connectivity index (χ0v) is 13.9. The average Bonchev–Trinajstić information content (AvgIpc) is 2.38. The number of hydrogen-bond donors (Lipinski definition) is 0. The number of sulfonamides is 1. The van der Waals surface area contributed by atoms with Crippen LogP contribution in [0.5, 0.6) is 0 Å². The summed E-state index contributed by atoms with van der Waals surface area (Å²) in [7, 11) is -3.26. The van der Waals surface area contributed by atoms with E-state index in [2.05, 4.69) is 0 Å². The summed E-state index contributed by atoms with van der Waals surface area (Å²) in [6.07, 6.45) is 1.32. The first-order valence-corrected chi connectivity index (χ1v) is 9.11. The minimum atomic E-state index is -3.26. The topological polar surface area (TPSA) is 46.6 Å². The summed E-state index contributed by atoms with van der Waals surface area (Å²) in [5, 5.41) is 0. The van der Waals surface area contributed by atoms with Crippen LogP contribution in [-0.2, 0) is 21.2 Å². The van der Waals surface area contributed by atoms with Gasteiger partial charge in [0.15, 0.2) is 0 Å². The third kappa shape index (κ3) is 3.84. The summed E-state index contributed by atoms with van der Waals surface area (Å²) >= 11 is 0. The molecule has 0 N–H and O–H groups in total. The molecule has 1 atom stereocenters. The Balaban J connectivity index is 2.29. The van der Waals surface area contributed by atoms with Crippen LogP contribution in [0.2, 0.25) is 0 Å². The number of hydrogen-bond acceptors (Lipinski definition) is 3. The van der Waals surface area contributed by atoms with Crippen LogP contribution in [0.3, 0.4) is 0 Å². The maximum atomic E-state index is 12.7. The van der Waals surface area contributed by atoms with Crippen molar-refractivity contribution in [2.24, 2.45) is 0 Å². The molecule has 0 bridgehead atoms. The van der Waals surface area contributed by atoms with Gasteiger partial charge in [0.25, 0.3) is 0 Å². The maximum absolute atomic E-state index is 12.7. The van der Waals surface area contributed by atoms with Crippen molar-refractivity contribution in [3.8, 4) is 0 Å². The van der Waals surface area contributed by atoms with Crippen LogP contribution in [0.4, 0.5) is 0 Å². The summed E-state index contributed by atoms with van der Waals surface area (Å²) in [6, 6.07) is 9.87. The van der Waals surface area contributed by atoms with Gasteiger partial charge < -0.3 is 4.74 Å². The van der Waals surface area contributed by atoms with Gasteiger partial charge in [-0.2, -0.15) is 4.31 Å². The second-order valence-corrected chi connectivity index (χ2v) is 8.25. The molecule has 118 valence electrons. The number of rotatable bonds is 5. The van der Waals surface area contributed by atoms with Gasteiger partial charge >= 0.3 is 0 Å². The van der Waals surface area contributed by atoms with E-state index in [0.717, 1.165) is 5.56 Å². The molecule has 0 aromatic heterocycles. The third-order valence-electron chi connectivity index (χ3n) is 3.77. The molecule has 2 rings (SSSR count). The van der Waals surface area contributed by atoms with Crippen LogP contribution >= 0.6 is 0 Å². The molecule has 0 saturated carbocycles. The lowest BCUT2D eigenvalue weighted by molar-refractivity contribution is -0.0437. The van der Waals surface area contributed by atoms with Gasteiger partial charge in [0.1, 0.15) is 0 Å². The monoisotopic (exact) mass is 311 g/mol. The normalized spacial score (nSPS) is 23.1. The molecule has 5 heteroatoms. The Labute approximate surface area is 128 Å². The first kappa shape index (κ1) is 16.5. The van der Waals surface area contributed by atoms with Gasteiger partial charge in [-0.3, -0.25) is 0 Å². The van der Waals surface area contributed by atoms with Crippen molar-refractivity contribution in [1.29, 1.82) is 0 Å². The molecule has 1 aromatic carbocycles. The molecule has 0 amide bonds. The minimum absolute atomic E-state index is 0.132. The standard InChI is InChI=1S/C16H25NO3S/c1-4-10-21(18,19)17-15(12-20-13-16(17,2)3)11-14-8-6-5-7-9-14/h5-9,15H,4,10-13H2,1-3H3. The second-order valence-electron chi connectivity index (χ2n) is 6.28. The first-order valence-electron chi connectivity index (χ1n) is 7.51. The highest BCUT2D eigenvalue weighted by molar-refractivity contribution is 7.89. The van der Waals surface area contributed by atoms with Crippen LogP contribution < -0.4 is 0 Å². The SMILES string of the molecule is CCCS(=O)(=O)N1C(Cc2ccccc2)COCC1(C)C. The van der Waals surface area contributed by atoms with Gasteiger partial charge in [-0.15, -0.1) is 0 Å². The number of morpholine rings is 1. The number of nitrogens with zero attached hydrogens (tertiary/aromatic N) is 1. The smallest absolute Gasteiger partial charge is 0.214 e. The van der Waals surface area contributed by atoms with E-state index < -0.39 is 15.6 Å². The zero-order valence-electron chi connectivity index (χ0n) is 13.1. The molecule has 0 aliphatic carbocycles. The summed E-state index contributed by atoms with van der Waals surface area (Å²) < 4.78 is 32.7. The van der Waals surface area contributed by atoms with E-state index in [1.54, 1.807) is 4.31 Å². The van der Waals surface area contributed by atoms with E-state index in [1.165, 1.54) is 0 Å². The Bertz CT molecular complexity index is 554.